The van der Waals surface area contributed by atoms with Gasteiger partial charge in [0.1, 0.15) is 5.82 Å². The summed E-state index contributed by atoms with van der Waals surface area (Å²) in [4.78, 5) is 11.9. The number of anilines is 1. The molecule has 1 aromatic carbocycles. The van der Waals surface area contributed by atoms with E-state index in [-0.39, 0.29) is 36.1 Å². The molecule has 3 N–H and O–H groups in total. The van der Waals surface area contributed by atoms with Crippen molar-refractivity contribution < 1.29 is 9.18 Å². The average Bonchev–Trinajstić information content (AvgIpc) is 2.70. The van der Waals surface area contributed by atoms with Gasteiger partial charge in [-0.25, -0.2) is 4.39 Å². The zero-order valence-corrected chi connectivity index (χ0v) is 11.1. The van der Waals surface area contributed by atoms with Crippen LogP contribution in [0.5, 0.6) is 0 Å². The first kappa shape index (κ1) is 14.9. The molecule has 0 bridgehead atoms. The lowest BCUT2D eigenvalue weighted by molar-refractivity contribution is -0.119. The third-order valence-corrected chi connectivity index (χ3v) is 3.27. The second kappa shape index (κ2) is 6.16. The second-order valence-corrected chi connectivity index (χ2v) is 4.72. The van der Waals surface area contributed by atoms with Crippen molar-refractivity contribution in [1.82, 2.24) is 0 Å². The fourth-order valence-electron chi connectivity index (χ4n) is 2.22. The highest BCUT2D eigenvalue weighted by Crippen LogP contribution is 2.25. The number of carbonyl (C=O) groups is 1. The Balaban J connectivity index is 0.00000162. The van der Waals surface area contributed by atoms with Crippen LogP contribution in [0.2, 0.25) is 0 Å². The molecule has 1 aliphatic rings. The Labute approximate surface area is 112 Å². The van der Waals surface area contributed by atoms with Crippen molar-refractivity contribution in [2.75, 3.05) is 5.32 Å². The molecule has 2 rings (SSSR count). The minimum absolute atomic E-state index is 0. The molecule has 1 fully saturated rings. The van der Waals surface area contributed by atoms with E-state index in [9.17, 15) is 9.18 Å². The summed E-state index contributed by atoms with van der Waals surface area (Å²) in [6.45, 7) is 1.68. The Morgan fingerprint density at radius 3 is 2.72 bits per heavy atom. The Morgan fingerprint density at radius 2 is 2.17 bits per heavy atom. The van der Waals surface area contributed by atoms with Gasteiger partial charge in [0, 0.05) is 17.6 Å². The molecule has 0 spiro atoms. The number of amides is 1. The van der Waals surface area contributed by atoms with E-state index in [0.717, 1.165) is 19.3 Å². The summed E-state index contributed by atoms with van der Waals surface area (Å²) in [6.07, 6.45) is 2.49. The molecule has 0 heterocycles. The van der Waals surface area contributed by atoms with Crippen LogP contribution in [0.15, 0.2) is 18.2 Å². The maximum atomic E-state index is 13.1. The van der Waals surface area contributed by atoms with Gasteiger partial charge in [0.15, 0.2) is 0 Å². The van der Waals surface area contributed by atoms with E-state index in [2.05, 4.69) is 5.32 Å². The molecule has 0 saturated heterocycles. The second-order valence-electron chi connectivity index (χ2n) is 4.72. The van der Waals surface area contributed by atoms with Crippen LogP contribution in [-0.4, -0.2) is 11.9 Å². The number of carbonyl (C=O) groups excluding carboxylic acids is 1. The number of hydrogen-bond donors (Lipinski definition) is 2. The Bertz CT molecular complexity index is 439. The van der Waals surface area contributed by atoms with Crippen molar-refractivity contribution in [3.8, 4) is 0 Å². The van der Waals surface area contributed by atoms with Crippen LogP contribution in [-0.2, 0) is 4.79 Å². The zero-order valence-electron chi connectivity index (χ0n) is 10.3. The van der Waals surface area contributed by atoms with Crippen LogP contribution < -0.4 is 11.1 Å². The van der Waals surface area contributed by atoms with E-state index in [1.165, 1.54) is 6.07 Å². The molecule has 2 atom stereocenters. The van der Waals surface area contributed by atoms with Gasteiger partial charge in [-0.15, -0.1) is 12.4 Å². The largest absolute Gasteiger partial charge is 0.328 e. The Hall–Kier alpha value is -1.13. The molecule has 18 heavy (non-hydrogen) atoms. The lowest BCUT2D eigenvalue weighted by atomic mass is 10.1. The summed E-state index contributed by atoms with van der Waals surface area (Å²) in [5.74, 6) is -0.273. The van der Waals surface area contributed by atoms with Gasteiger partial charge in [-0.05, 0) is 49.9 Å². The molecule has 1 saturated carbocycles. The van der Waals surface area contributed by atoms with Crippen LogP contribution in [0.3, 0.4) is 0 Å². The van der Waals surface area contributed by atoms with Gasteiger partial charge in [0.25, 0.3) is 0 Å². The number of aryl methyl sites for hydroxylation is 1. The summed E-state index contributed by atoms with van der Waals surface area (Å²) >= 11 is 0. The summed E-state index contributed by atoms with van der Waals surface area (Å²) in [6, 6.07) is 4.73. The predicted molar refractivity (Wildman–Crippen MR) is 72.3 cm³/mol. The summed E-state index contributed by atoms with van der Waals surface area (Å²) in [7, 11) is 0. The molecule has 100 valence electrons. The highest BCUT2D eigenvalue weighted by Gasteiger charge is 2.27. The van der Waals surface area contributed by atoms with Gasteiger partial charge in [0.05, 0.1) is 0 Å². The van der Waals surface area contributed by atoms with Gasteiger partial charge >= 0.3 is 0 Å². The number of hydrogen-bond acceptors (Lipinski definition) is 2. The lowest BCUT2D eigenvalue weighted by Crippen LogP contribution is -2.23. The highest BCUT2D eigenvalue weighted by molar-refractivity contribution is 5.92. The first-order valence-electron chi connectivity index (χ1n) is 5.89. The van der Waals surface area contributed by atoms with Gasteiger partial charge in [-0.2, -0.15) is 0 Å². The maximum Gasteiger partial charge on any atom is 0.227 e. The number of benzene rings is 1. The molecule has 0 radical (unpaired) electrons. The van der Waals surface area contributed by atoms with Crippen molar-refractivity contribution in [2.24, 2.45) is 11.7 Å². The predicted octanol–water partition coefficient (Wildman–Crippen LogP) is 2.62. The first-order valence-corrected chi connectivity index (χ1v) is 5.89. The average molecular weight is 273 g/mol. The van der Waals surface area contributed by atoms with E-state index in [0.29, 0.717) is 11.3 Å². The van der Waals surface area contributed by atoms with Crippen LogP contribution in [0, 0.1) is 18.7 Å². The van der Waals surface area contributed by atoms with Crippen LogP contribution in [0.25, 0.3) is 0 Å². The lowest BCUT2D eigenvalue weighted by Gasteiger charge is -2.11. The minimum Gasteiger partial charge on any atom is -0.328 e. The van der Waals surface area contributed by atoms with E-state index < -0.39 is 0 Å². The number of halogens is 2. The van der Waals surface area contributed by atoms with Gasteiger partial charge < -0.3 is 11.1 Å². The molecule has 1 aromatic rings. The molecule has 0 aromatic heterocycles. The third-order valence-electron chi connectivity index (χ3n) is 3.27. The van der Waals surface area contributed by atoms with Crippen LogP contribution >= 0.6 is 12.4 Å². The topological polar surface area (TPSA) is 55.1 Å². The normalized spacial score (nSPS) is 22.4. The Kier molecular flexibility index (Phi) is 5.11. The van der Waals surface area contributed by atoms with Crippen molar-refractivity contribution in [3.63, 3.8) is 0 Å². The monoisotopic (exact) mass is 272 g/mol. The Morgan fingerprint density at radius 1 is 1.44 bits per heavy atom. The maximum absolute atomic E-state index is 13.1. The first-order chi connectivity index (χ1) is 8.06. The van der Waals surface area contributed by atoms with Gasteiger partial charge in [0.2, 0.25) is 5.91 Å². The molecular weight excluding hydrogens is 255 g/mol. The van der Waals surface area contributed by atoms with Gasteiger partial charge in [-0.1, -0.05) is 0 Å². The quantitative estimate of drug-likeness (QED) is 0.870. The van der Waals surface area contributed by atoms with E-state index in [1.54, 1.807) is 19.1 Å². The van der Waals surface area contributed by atoms with Crippen LogP contribution in [0.1, 0.15) is 24.8 Å². The van der Waals surface area contributed by atoms with E-state index in [1.807, 2.05) is 0 Å². The number of nitrogens with two attached hydrogens (primary N) is 1. The minimum atomic E-state index is -0.258. The standard InChI is InChI=1S/C13H17FN2O.ClH/c1-8-6-11(4-5-12(8)14)16-13(17)9-2-3-10(15)7-9;/h4-6,9-10H,2-3,7,15H2,1H3,(H,16,17);1H. The molecular formula is C13H18ClFN2O. The van der Waals surface area contributed by atoms with E-state index >= 15 is 0 Å². The molecule has 2 unspecified atom stereocenters. The zero-order chi connectivity index (χ0) is 12.4. The smallest absolute Gasteiger partial charge is 0.227 e. The van der Waals surface area contributed by atoms with Crippen molar-refractivity contribution in [1.29, 1.82) is 0 Å². The third kappa shape index (κ3) is 3.43. The fraction of sp³-hybridized carbons (Fsp3) is 0.462. The molecule has 5 heteroatoms. The van der Waals surface area contributed by atoms with Crippen molar-refractivity contribution in [2.45, 2.75) is 32.2 Å². The summed E-state index contributed by atoms with van der Waals surface area (Å²) < 4.78 is 13.1. The highest BCUT2D eigenvalue weighted by atomic mass is 35.5. The molecule has 1 amide bonds. The number of rotatable bonds is 2. The van der Waals surface area contributed by atoms with Crippen molar-refractivity contribution in [3.05, 3.63) is 29.6 Å². The summed E-state index contributed by atoms with van der Waals surface area (Å²) in [5, 5.41) is 2.81. The van der Waals surface area contributed by atoms with Crippen LogP contribution in [0.4, 0.5) is 10.1 Å². The van der Waals surface area contributed by atoms with Gasteiger partial charge in [-0.3, -0.25) is 4.79 Å². The molecule has 0 aliphatic heterocycles. The SMILES string of the molecule is Cc1cc(NC(=O)C2CCC(N)C2)ccc1F.Cl. The van der Waals surface area contributed by atoms with Crippen molar-refractivity contribution >= 4 is 24.0 Å². The molecule has 3 nitrogen and oxygen atoms in total. The number of nitrogens with one attached hydrogen (secondary N) is 1. The molecule has 1 aliphatic carbocycles. The summed E-state index contributed by atoms with van der Waals surface area (Å²) in [5.41, 5.74) is 6.95. The van der Waals surface area contributed by atoms with E-state index in [4.69, 9.17) is 5.73 Å². The fourth-order valence-corrected chi connectivity index (χ4v) is 2.22.